The van der Waals surface area contributed by atoms with Crippen molar-refractivity contribution in [1.29, 1.82) is 0 Å². The average molecular weight is 440 g/mol. The Morgan fingerprint density at radius 1 is 0.758 bits per heavy atom. The summed E-state index contributed by atoms with van der Waals surface area (Å²) in [7, 11) is 0. The van der Waals surface area contributed by atoms with Gasteiger partial charge in [-0.15, -0.1) is 0 Å². The lowest BCUT2D eigenvalue weighted by Gasteiger charge is -2.37. The van der Waals surface area contributed by atoms with Crippen molar-refractivity contribution in [3.05, 3.63) is 99.0 Å². The summed E-state index contributed by atoms with van der Waals surface area (Å²) < 4.78 is 12.3. The summed E-state index contributed by atoms with van der Waals surface area (Å²) in [6, 6.07) is 15.0. The number of hydrogen-bond donors (Lipinski definition) is 2. The lowest BCUT2D eigenvalue weighted by Crippen LogP contribution is -2.39. The Morgan fingerprint density at radius 3 is 1.79 bits per heavy atom. The molecule has 0 unspecified atom stereocenters. The molecule has 0 radical (unpaired) electrons. The fourth-order valence-electron chi connectivity index (χ4n) is 4.89. The number of para-hydroxylation sites is 1. The van der Waals surface area contributed by atoms with E-state index in [9.17, 15) is 15.0 Å². The minimum Gasteiger partial charge on any atom is -0.513 e. The first-order valence-electron chi connectivity index (χ1n) is 10.8. The minimum absolute atomic E-state index is 0.125. The summed E-state index contributed by atoms with van der Waals surface area (Å²) >= 11 is 0. The van der Waals surface area contributed by atoms with Crippen molar-refractivity contribution in [1.82, 2.24) is 0 Å². The molecule has 0 saturated heterocycles. The third-order valence-corrected chi connectivity index (χ3v) is 6.35. The maximum absolute atomic E-state index is 13.8. The maximum Gasteiger partial charge on any atom is 0.331 e. The number of ether oxygens (including phenoxy) is 2. The lowest BCUT2D eigenvalue weighted by molar-refractivity contribution is -0.135. The van der Waals surface area contributed by atoms with Gasteiger partial charge >= 0.3 is 5.97 Å². The van der Waals surface area contributed by atoms with Gasteiger partial charge in [0.2, 0.25) is 0 Å². The van der Waals surface area contributed by atoms with E-state index in [1.165, 1.54) is 0 Å². The normalized spacial score (nSPS) is 16.1. The van der Waals surface area contributed by atoms with Gasteiger partial charge in [0.15, 0.2) is 5.41 Å². The molecular weight excluding hydrogens is 416 g/mol. The topological polar surface area (TPSA) is 76.0 Å². The highest BCUT2D eigenvalue weighted by Crippen LogP contribution is 2.59. The highest BCUT2D eigenvalue weighted by molar-refractivity contribution is 6.01. The van der Waals surface area contributed by atoms with Crippen LogP contribution in [-0.2, 0) is 10.2 Å². The second kappa shape index (κ2) is 7.27. The Labute approximate surface area is 192 Å². The van der Waals surface area contributed by atoms with Gasteiger partial charge in [-0.25, -0.2) is 4.79 Å². The van der Waals surface area contributed by atoms with Gasteiger partial charge in [0.1, 0.15) is 17.2 Å². The van der Waals surface area contributed by atoms with Crippen molar-refractivity contribution < 1.29 is 24.5 Å². The first kappa shape index (κ1) is 20.9. The summed E-state index contributed by atoms with van der Waals surface area (Å²) in [5.74, 6) is 1.32. The van der Waals surface area contributed by atoms with Crippen molar-refractivity contribution in [3.8, 4) is 17.2 Å². The first-order chi connectivity index (χ1) is 15.7. The predicted octanol–water partition coefficient (Wildman–Crippen LogP) is 6.50. The number of benzene rings is 3. The van der Waals surface area contributed by atoms with E-state index in [2.05, 4.69) is 0 Å². The molecule has 5 rings (SSSR count). The highest BCUT2D eigenvalue weighted by atomic mass is 16.5. The van der Waals surface area contributed by atoms with Crippen LogP contribution in [-0.4, -0.2) is 16.2 Å². The van der Waals surface area contributed by atoms with E-state index >= 15 is 0 Å². The Bertz CT molecular complexity index is 1310. The number of hydrogen-bond acceptors (Lipinski definition) is 5. The summed E-state index contributed by atoms with van der Waals surface area (Å²) in [4.78, 5) is 13.8. The van der Waals surface area contributed by atoms with Crippen LogP contribution >= 0.6 is 0 Å². The van der Waals surface area contributed by atoms with Crippen molar-refractivity contribution in [2.45, 2.75) is 33.1 Å². The molecule has 0 atom stereocenters. The van der Waals surface area contributed by atoms with Crippen LogP contribution in [0.3, 0.4) is 0 Å². The molecule has 3 aromatic carbocycles. The van der Waals surface area contributed by atoms with Crippen LogP contribution in [0.1, 0.15) is 52.8 Å². The Hall–Kier alpha value is -3.99. The molecule has 1 spiro atoms. The van der Waals surface area contributed by atoms with Gasteiger partial charge < -0.3 is 19.7 Å². The number of carbonyl (C=O) groups excluding carboxylic acids is 1. The average Bonchev–Trinajstić information content (AvgIpc) is 3.05. The smallest absolute Gasteiger partial charge is 0.331 e. The largest absolute Gasteiger partial charge is 0.513 e. The fourth-order valence-corrected chi connectivity index (χ4v) is 4.89. The van der Waals surface area contributed by atoms with Gasteiger partial charge in [-0.2, -0.15) is 0 Å². The molecule has 5 heteroatoms. The molecular formula is C28H24O5. The number of rotatable bonds is 2. The summed E-state index contributed by atoms with van der Waals surface area (Å²) in [6.07, 6.45) is 3.28. The quantitative estimate of drug-likeness (QED) is 0.270. The van der Waals surface area contributed by atoms with Gasteiger partial charge in [0, 0.05) is 27.8 Å². The van der Waals surface area contributed by atoms with E-state index < -0.39 is 11.4 Å². The van der Waals surface area contributed by atoms with E-state index in [0.717, 1.165) is 16.7 Å². The monoisotopic (exact) mass is 440 g/mol. The number of carbonyl (C=O) groups is 1. The van der Waals surface area contributed by atoms with Crippen LogP contribution in [0.2, 0.25) is 0 Å². The lowest BCUT2D eigenvalue weighted by atomic mass is 9.67. The van der Waals surface area contributed by atoms with Crippen LogP contribution in [0, 0.1) is 13.8 Å². The fraction of sp³-hybridized carbons (Fsp3) is 0.179. The Balaban J connectivity index is 1.97. The van der Waals surface area contributed by atoms with Crippen molar-refractivity contribution in [3.63, 3.8) is 0 Å². The third kappa shape index (κ3) is 2.89. The van der Waals surface area contributed by atoms with Gasteiger partial charge in [-0.1, -0.05) is 42.5 Å². The minimum atomic E-state index is -1.24. The number of allylic oxidation sites excluding steroid dienone is 2. The number of aliphatic hydroxyl groups is 2. The number of aryl methyl sites for hydroxylation is 2. The zero-order valence-electron chi connectivity index (χ0n) is 18.9. The molecule has 2 aliphatic rings. The Kier molecular flexibility index (Phi) is 4.60. The molecule has 0 aliphatic carbocycles. The van der Waals surface area contributed by atoms with E-state index in [1.807, 2.05) is 56.3 Å². The molecule has 2 N–H and O–H groups in total. The van der Waals surface area contributed by atoms with E-state index in [1.54, 1.807) is 32.1 Å². The van der Waals surface area contributed by atoms with Crippen LogP contribution < -0.4 is 9.47 Å². The molecule has 0 bridgehead atoms. The predicted molar refractivity (Wildman–Crippen MR) is 127 cm³/mol. The molecule has 0 fully saturated rings. The van der Waals surface area contributed by atoms with Gasteiger partial charge in [-0.05, 0) is 57.0 Å². The highest BCUT2D eigenvalue weighted by Gasteiger charge is 2.57. The first-order valence-corrected chi connectivity index (χ1v) is 10.8. The van der Waals surface area contributed by atoms with E-state index in [-0.39, 0.29) is 11.5 Å². The van der Waals surface area contributed by atoms with Gasteiger partial charge in [0.05, 0.1) is 11.5 Å². The molecule has 0 saturated carbocycles. The SMILES string of the molecule is C/C(O)=C\c1c(C)ccc2c1Oc1c(ccc(C)c1/C=C(\C)O)C21C(=O)Oc2ccccc21. The van der Waals surface area contributed by atoms with Gasteiger partial charge in [0.25, 0.3) is 0 Å². The zero-order valence-corrected chi connectivity index (χ0v) is 18.9. The standard InChI is InChI=1S/C28H24O5/c1-15-9-11-22-25(19(15)13-17(3)29)33-26-20(14-18(4)30)16(2)10-12-23(26)28(22)21-7-5-6-8-24(21)32-27(28)31/h5-14,29-30H,1-4H3/b17-13+,18-14+. The molecule has 5 nitrogen and oxygen atoms in total. The second-order valence-corrected chi connectivity index (χ2v) is 8.65. The number of aliphatic hydroxyl groups excluding tert-OH is 2. The maximum atomic E-state index is 13.8. The van der Waals surface area contributed by atoms with Crippen LogP contribution in [0.15, 0.2) is 60.0 Å². The van der Waals surface area contributed by atoms with E-state index in [0.29, 0.717) is 39.5 Å². The summed E-state index contributed by atoms with van der Waals surface area (Å²) in [5.41, 5.74) is 3.97. The van der Waals surface area contributed by atoms with Crippen LogP contribution in [0.25, 0.3) is 12.2 Å². The molecule has 0 amide bonds. The molecule has 2 aliphatic heterocycles. The van der Waals surface area contributed by atoms with Crippen LogP contribution in [0.4, 0.5) is 0 Å². The van der Waals surface area contributed by atoms with Crippen LogP contribution in [0.5, 0.6) is 17.2 Å². The number of fused-ring (bicyclic) bond motifs is 6. The molecule has 0 aromatic heterocycles. The van der Waals surface area contributed by atoms with Crippen molar-refractivity contribution >= 4 is 18.1 Å². The molecule has 166 valence electrons. The summed E-state index contributed by atoms with van der Waals surface area (Å²) in [6.45, 7) is 7.04. The summed E-state index contributed by atoms with van der Waals surface area (Å²) in [5, 5.41) is 20.2. The zero-order chi connectivity index (χ0) is 23.5. The van der Waals surface area contributed by atoms with Gasteiger partial charge in [-0.3, -0.25) is 0 Å². The Morgan fingerprint density at radius 2 is 1.27 bits per heavy atom. The van der Waals surface area contributed by atoms with Crippen molar-refractivity contribution in [2.24, 2.45) is 0 Å². The molecule has 3 aromatic rings. The number of esters is 1. The van der Waals surface area contributed by atoms with E-state index in [4.69, 9.17) is 9.47 Å². The second-order valence-electron chi connectivity index (χ2n) is 8.65. The molecule has 2 heterocycles. The molecule has 33 heavy (non-hydrogen) atoms. The third-order valence-electron chi connectivity index (χ3n) is 6.35. The van der Waals surface area contributed by atoms with Crippen molar-refractivity contribution in [2.75, 3.05) is 0 Å².